The van der Waals surface area contributed by atoms with E-state index in [1.807, 2.05) is 6.07 Å². The molecule has 1 heterocycles. The lowest BCUT2D eigenvalue weighted by Crippen LogP contribution is -2.30. The van der Waals surface area contributed by atoms with Gasteiger partial charge in [-0.1, -0.05) is 33.6 Å². The van der Waals surface area contributed by atoms with Crippen molar-refractivity contribution >= 4 is 27.5 Å². The molecule has 2 aromatic rings. The van der Waals surface area contributed by atoms with Gasteiger partial charge in [0.25, 0.3) is 0 Å². The van der Waals surface area contributed by atoms with Crippen molar-refractivity contribution in [2.45, 2.75) is 12.5 Å². The lowest BCUT2D eigenvalue weighted by Gasteiger charge is -2.18. The zero-order valence-corrected chi connectivity index (χ0v) is 12.2. The van der Waals surface area contributed by atoms with Crippen molar-refractivity contribution in [2.24, 2.45) is 5.84 Å². The van der Waals surface area contributed by atoms with Crippen molar-refractivity contribution in [2.75, 3.05) is 0 Å². The Morgan fingerprint density at radius 1 is 1.42 bits per heavy atom. The Balaban J connectivity index is 2.27. The van der Waals surface area contributed by atoms with E-state index in [4.69, 9.17) is 17.4 Å². The SMILES string of the molecule is NNC(Cc1ccc(F)cc1Br)c1ccncc1Cl. The molecule has 0 saturated heterocycles. The molecule has 0 aliphatic heterocycles. The molecule has 19 heavy (non-hydrogen) atoms. The maximum absolute atomic E-state index is 13.1. The van der Waals surface area contributed by atoms with E-state index in [1.165, 1.54) is 12.1 Å². The number of aromatic nitrogens is 1. The molecule has 0 saturated carbocycles. The number of hydrazine groups is 1. The number of benzene rings is 1. The van der Waals surface area contributed by atoms with E-state index in [1.54, 1.807) is 18.5 Å². The van der Waals surface area contributed by atoms with Gasteiger partial charge in [-0.25, -0.2) is 4.39 Å². The molecule has 0 radical (unpaired) electrons. The highest BCUT2D eigenvalue weighted by Gasteiger charge is 2.15. The van der Waals surface area contributed by atoms with Crippen LogP contribution in [0.5, 0.6) is 0 Å². The predicted molar refractivity (Wildman–Crippen MR) is 77.1 cm³/mol. The Morgan fingerprint density at radius 2 is 2.21 bits per heavy atom. The van der Waals surface area contributed by atoms with Crippen LogP contribution in [0.1, 0.15) is 17.2 Å². The number of pyridine rings is 1. The summed E-state index contributed by atoms with van der Waals surface area (Å²) in [5.74, 6) is 5.30. The molecule has 3 nitrogen and oxygen atoms in total. The lowest BCUT2D eigenvalue weighted by atomic mass is 10.0. The molecule has 3 N–H and O–H groups in total. The van der Waals surface area contributed by atoms with Crippen molar-refractivity contribution in [3.05, 3.63) is 63.1 Å². The average Bonchev–Trinajstić information content (AvgIpc) is 2.39. The lowest BCUT2D eigenvalue weighted by molar-refractivity contribution is 0.549. The zero-order chi connectivity index (χ0) is 13.8. The first-order valence-electron chi connectivity index (χ1n) is 5.61. The first-order valence-corrected chi connectivity index (χ1v) is 6.78. The quantitative estimate of drug-likeness (QED) is 0.660. The van der Waals surface area contributed by atoms with Crippen molar-refractivity contribution in [1.29, 1.82) is 0 Å². The van der Waals surface area contributed by atoms with Gasteiger partial charge in [-0.15, -0.1) is 0 Å². The number of hydrogen-bond acceptors (Lipinski definition) is 3. The Hall–Kier alpha value is -1.01. The van der Waals surface area contributed by atoms with Crippen LogP contribution in [-0.2, 0) is 6.42 Å². The van der Waals surface area contributed by atoms with Crippen molar-refractivity contribution in [3.8, 4) is 0 Å². The molecule has 0 aliphatic rings. The second kappa shape index (κ2) is 6.43. The number of nitrogens with two attached hydrogens (primary N) is 1. The van der Waals surface area contributed by atoms with Crippen molar-refractivity contribution in [3.63, 3.8) is 0 Å². The maximum Gasteiger partial charge on any atom is 0.124 e. The second-order valence-corrected chi connectivity index (χ2v) is 5.32. The van der Waals surface area contributed by atoms with E-state index in [9.17, 15) is 4.39 Å². The van der Waals surface area contributed by atoms with Gasteiger partial charge in [0.2, 0.25) is 0 Å². The topological polar surface area (TPSA) is 50.9 Å². The van der Waals surface area contributed by atoms with Gasteiger partial charge in [0, 0.05) is 16.9 Å². The molecule has 0 aliphatic carbocycles. The highest BCUT2D eigenvalue weighted by molar-refractivity contribution is 9.10. The Bertz CT molecular complexity index is 580. The minimum Gasteiger partial charge on any atom is -0.271 e. The molecule has 1 aromatic heterocycles. The highest BCUT2D eigenvalue weighted by atomic mass is 79.9. The van der Waals surface area contributed by atoms with Crippen LogP contribution in [-0.4, -0.2) is 4.98 Å². The van der Waals surface area contributed by atoms with Crippen molar-refractivity contribution in [1.82, 2.24) is 10.4 Å². The van der Waals surface area contributed by atoms with Crippen LogP contribution < -0.4 is 11.3 Å². The first kappa shape index (κ1) is 14.4. The van der Waals surface area contributed by atoms with E-state index in [2.05, 4.69) is 26.3 Å². The minimum atomic E-state index is -0.283. The largest absolute Gasteiger partial charge is 0.271 e. The summed E-state index contributed by atoms with van der Waals surface area (Å²) >= 11 is 9.44. The van der Waals surface area contributed by atoms with Crippen LogP contribution in [0.15, 0.2) is 41.1 Å². The Kier molecular flexibility index (Phi) is 4.87. The Labute approximate surface area is 124 Å². The van der Waals surface area contributed by atoms with Crippen LogP contribution in [0.3, 0.4) is 0 Å². The molecule has 100 valence electrons. The molecule has 0 amide bonds. The molecular weight excluding hydrogens is 333 g/mol. The van der Waals surface area contributed by atoms with Crippen LogP contribution in [0.25, 0.3) is 0 Å². The molecular formula is C13H12BrClFN3. The summed E-state index contributed by atoms with van der Waals surface area (Å²) in [6.45, 7) is 0. The third kappa shape index (κ3) is 3.51. The fourth-order valence-corrected chi connectivity index (χ4v) is 2.60. The zero-order valence-electron chi connectivity index (χ0n) is 9.91. The molecule has 1 aromatic carbocycles. The maximum atomic E-state index is 13.1. The van der Waals surface area contributed by atoms with Gasteiger partial charge in [-0.05, 0) is 35.7 Å². The third-order valence-corrected chi connectivity index (χ3v) is 3.87. The van der Waals surface area contributed by atoms with E-state index < -0.39 is 0 Å². The van der Waals surface area contributed by atoms with Gasteiger partial charge < -0.3 is 0 Å². The van der Waals surface area contributed by atoms with Gasteiger partial charge in [-0.2, -0.15) is 0 Å². The summed E-state index contributed by atoms with van der Waals surface area (Å²) in [5, 5.41) is 0.545. The standard InChI is InChI=1S/C13H12BrClFN3/c14-11-6-9(16)2-1-8(11)5-13(19-17)10-3-4-18-7-12(10)15/h1-4,6-7,13,19H,5,17H2. The van der Waals surface area contributed by atoms with Crippen LogP contribution in [0.4, 0.5) is 4.39 Å². The number of hydrogen-bond donors (Lipinski definition) is 2. The molecule has 0 fully saturated rings. The summed E-state index contributed by atoms with van der Waals surface area (Å²) in [5.41, 5.74) is 4.52. The van der Waals surface area contributed by atoms with E-state index in [0.29, 0.717) is 15.9 Å². The van der Waals surface area contributed by atoms with Crippen LogP contribution in [0, 0.1) is 5.82 Å². The van der Waals surface area contributed by atoms with Gasteiger partial charge in [0.05, 0.1) is 11.1 Å². The van der Waals surface area contributed by atoms with Gasteiger partial charge in [-0.3, -0.25) is 16.3 Å². The van der Waals surface area contributed by atoms with Crippen LogP contribution >= 0.6 is 27.5 Å². The van der Waals surface area contributed by atoms with E-state index >= 15 is 0 Å². The average molecular weight is 345 g/mol. The fourth-order valence-electron chi connectivity index (χ4n) is 1.83. The molecule has 0 bridgehead atoms. The monoisotopic (exact) mass is 343 g/mol. The smallest absolute Gasteiger partial charge is 0.124 e. The number of rotatable bonds is 4. The highest BCUT2D eigenvalue weighted by Crippen LogP contribution is 2.27. The van der Waals surface area contributed by atoms with Gasteiger partial charge in [0.1, 0.15) is 5.82 Å². The third-order valence-electron chi connectivity index (χ3n) is 2.82. The minimum absolute atomic E-state index is 0.169. The van der Waals surface area contributed by atoms with Gasteiger partial charge >= 0.3 is 0 Å². The second-order valence-electron chi connectivity index (χ2n) is 4.06. The number of halogens is 3. The fraction of sp³-hybridized carbons (Fsp3) is 0.154. The summed E-state index contributed by atoms with van der Waals surface area (Å²) in [4.78, 5) is 3.94. The Morgan fingerprint density at radius 3 is 2.84 bits per heavy atom. The predicted octanol–water partition coefficient (Wildman–Crippen LogP) is 3.38. The summed E-state index contributed by atoms with van der Waals surface area (Å²) in [7, 11) is 0. The number of nitrogens with zero attached hydrogens (tertiary/aromatic N) is 1. The molecule has 1 atom stereocenters. The van der Waals surface area contributed by atoms with E-state index in [-0.39, 0.29) is 11.9 Å². The summed E-state index contributed by atoms with van der Waals surface area (Å²) in [6.07, 6.45) is 3.81. The molecule has 6 heteroatoms. The van der Waals surface area contributed by atoms with Crippen molar-refractivity contribution < 1.29 is 4.39 Å². The summed E-state index contributed by atoms with van der Waals surface area (Å²) in [6, 6.07) is 6.21. The molecule has 2 rings (SSSR count). The first-order chi connectivity index (χ1) is 9.11. The van der Waals surface area contributed by atoms with Gasteiger partial charge in [0.15, 0.2) is 0 Å². The van der Waals surface area contributed by atoms with E-state index in [0.717, 1.165) is 11.1 Å². The normalized spacial score (nSPS) is 12.4. The molecule has 0 spiro atoms. The number of nitrogens with one attached hydrogen (secondary N) is 1. The van der Waals surface area contributed by atoms with Crippen LogP contribution in [0.2, 0.25) is 5.02 Å². The summed E-state index contributed by atoms with van der Waals surface area (Å²) < 4.78 is 13.8. The molecule has 1 unspecified atom stereocenters.